The molecule has 0 saturated heterocycles. The lowest BCUT2D eigenvalue weighted by atomic mass is 9.85. The van der Waals surface area contributed by atoms with Crippen molar-refractivity contribution in [2.24, 2.45) is 11.7 Å². The minimum atomic E-state index is -4.17. The van der Waals surface area contributed by atoms with Gasteiger partial charge >= 0.3 is 6.18 Å². The fraction of sp³-hybridized carbons (Fsp3) is 0.562. The van der Waals surface area contributed by atoms with Crippen LogP contribution in [0.25, 0.3) is 0 Å². The van der Waals surface area contributed by atoms with Crippen LogP contribution in [0, 0.1) is 5.92 Å². The summed E-state index contributed by atoms with van der Waals surface area (Å²) in [7, 11) is 0. The highest BCUT2D eigenvalue weighted by molar-refractivity contribution is 5.92. The Kier molecular flexibility index (Phi) is 5.45. The van der Waals surface area contributed by atoms with E-state index in [1.807, 2.05) is 0 Å². The van der Waals surface area contributed by atoms with Crippen molar-refractivity contribution in [1.82, 2.24) is 0 Å². The van der Waals surface area contributed by atoms with Gasteiger partial charge in [-0.3, -0.25) is 4.79 Å². The first-order valence-electron chi connectivity index (χ1n) is 7.55. The molecule has 2 atom stereocenters. The van der Waals surface area contributed by atoms with E-state index in [9.17, 15) is 18.0 Å². The second-order valence-corrected chi connectivity index (χ2v) is 5.93. The van der Waals surface area contributed by atoms with Crippen LogP contribution in [0.15, 0.2) is 24.3 Å². The van der Waals surface area contributed by atoms with E-state index >= 15 is 0 Å². The number of nitrogens with one attached hydrogen (secondary N) is 1. The van der Waals surface area contributed by atoms with Crippen LogP contribution in [0.5, 0.6) is 0 Å². The number of hydrogen-bond donors (Lipinski definition) is 2. The summed E-state index contributed by atoms with van der Waals surface area (Å²) in [6.45, 7) is 0. The zero-order chi connectivity index (χ0) is 16.2. The minimum Gasteiger partial charge on any atom is -0.328 e. The summed E-state index contributed by atoms with van der Waals surface area (Å²) in [5, 5.41) is 2.79. The molecule has 0 spiro atoms. The van der Waals surface area contributed by atoms with Crippen LogP contribution in [0.1, 0.15) is 37.7 Å². The first kappa shape index (κ1) is 16.8. The van der Waals surface area contributed by atoms with Crippen LogP contribution in [0.3, 0.4) is 0 Å². The van der Waals surface area contributed by atoms with E-state index in [-0.39, 0.29) is 24.3 Å². The Labute approximate surface area is 128 Å². The van der Waals surface area contributed by atoms with E-state index in [2.05, 4.69) is 5.32 Å². The second kappa shape index (κ2) is 7.13. The molecule has 0 heterocycles. The molecular formula is C16H21F3N2O. The molecule has 0 bridgehead atoms. The highest BCUT2D eigenvalue weighted by atomic mass is 19.4. The minimum absolute atomic E-state index is 0.0580. The molecule has 0 aliphatic heterocycles. The van der Waals surface area contributed by atoms with Gasteiger partial charge in [0.05, 0.1) is 0 Å². The molecule has 1 aromatic rings. The van der Waals surface area contributed by atoms with Crippen molar-refractivity contribution in [3.05, 3.63) is 29.8 Å². The highest BCUT2D eigenvalue weighted by Crippen LogP contribution is 2.26. The lowest BCUT2D eigenvalue weighted by Gasteiger charge is -2.25. The fourth-order valence-corrected chi connectivity index (χ4v) is 2.80. The molecule has 0 aromatic heterocycles. The first-order chi connectivity index (χ1) is 10.3. The number of amides is 1. The van der Waals surface area contributed by atoms with Crippen LogP contribution >= 0.6 is 0 Å². The Hall–Kier alpha value is -1.56. The summed E-state index contributed by atoms with van der Waals surface area (Å²) in [5.41, 5.74) is 6.98. The average Bonchev–Trinajstić information content (AvgIpc) is 2.45. The molecule has 2 unspecified atom stereocenters. The van der Waals surface area contributed by atoms with Gasteiger partial charge in [-0.1, -0.05) is 18.6 Å². The summed E-state index contributed by atoms with van der Waals surface area (Å²) in [6.07, 6.45) is -1.75. The van der Waals surface area contributed by atoms with Crippen molar-refractivity contribution in [3.8, 4) is 0 Å². The number of hydrogen-bond acceptors (Lipinski definition) is 2. The van der Waals surface area contributed by atoms with Crippen LogP contribution in [0.4, 0.5) is 18.9 Å². The van der Waals surface area contributed by atoms with Gasteiger partial charge in [-0.15, -0.1) is 0 Å². The third kappa shape index (κ3) is 5.33. The molecule has 6 heteroatoms. The third-order valence-electron chi connectivity index (χ3n) is 3.98. The molecule has 1 aromatic carbocycles. The predicted octanol–water partition coefficient (Wildman–Crippen LogP) is 3.64. The van der Waals surface area contributed by atoms with E-state index in [4.69, 9.17) is 5.73 Å². The van der Waals surface area contributed by atoms with Crippen molar-refractivity contribution in [2.75, 3.05) is 5.32 Å². The number of carbonyl (C=O) groups is 1. The SMILES string of the molecule is NC1CCCC(C(=O)Nc2cccc(CCC(F)(F)F)c2)C1. The Morgan fingerprint density at radius 2 is 2.09 bits per heavy atom. The molecule has 2 rings (SSSR count). The third-order valence-corrected chi connectivity index (χ3v) is 3.98. The molecule has 1 fully saturated rings. The Morgan fingerprint density at radius 3 is 2.77 bits per heavy atom. The van der Waals surface area contributed by atoms with Gasteiger partial charge in [0.15, 0.2) is 0 Å². The Morgan fingerprint density at radius 1 is 1.32 bits per heavy atom. The first-order valence-corrected chi connectivity index (χ1v) is 7.55. The number of benzene rings is 1. The van der Waals surface area contributed by atoms with E-state index in [0.29, 0.717) is 17.7 Å². The van der Waals surface area contributed by atoms with Crippen molar-refractivity contribution < 1.29 is 18.0 Å². The normalized spacial score (nSPS) is 22.4. The molecule has 3 N–H and O–H groups in total. The van der Waals surface area contributed by atoms with Crippen LogP contribution < -0.4 is 11.1 Å². The summed E-state index contributed by atoms with van der Waals surface area (Å²) < 4.78 is 36.7. The van der Waals surface area contributed by atoms with E-state index in [0.717, 1.165) is 19.3 Å². The van der Waals surface area contributed by atoms with Gasteiger partial charge in [0.2, 0.25) is 5.91 Å². The van der Waals surface area contributed by atoms with Crippen LogP contribution in [-0.4, -0.2) is 18.1 Å². The molecule has 1 aliphatic carbocycles. The number of rotatable bonds is 4. The van der Waals surface area contributed by atoms with Crippen molar-refractivity contribution >= 4 is 11.6 Å². The molecule has 0 radical (unpaired) electrons. The zero-order valence-electron chi connectivity index (χ0n) is 12.3. The van der Waals surface area contributed by atoms with Gasteiger partial charge in [-0.2, -0.15) is 13.2 Å². The quantitative estimate of drug-likeness (QED) is 0.891. The van der Waals surface area contributed by atoms with Gasteiger partial charge in [-0.05, 0) is 43.4 Å². The highest BCUT2D eigenvalue weighted by Gasteiger charge is 2.27. The Balaban J connectivity index is 1.93. The molecule has 22 heavy (non-hydrogen) atoms. The monoisotopic (exact) mass is 314 g/mol. The van der Waals surface area contributed by atoms with E-state index in [1.165, 1.54) is 0 Å². The maximum Gasteiger partial charge on any atom is 0.389 e. The number of halogens is 3. The molecule has 1 saturated carbocycles. The fourth-order valence-electron chi connectivity index (χ4n) is 2.80. The topological polar surface area (TPSA) is 55.1 Å². The van der Waals surface area contributed by atoms with Gasteiger partial charge in [0.25, 0.3) is 0 Å². The standard InChI is InChI=1S/C16H21F3N2O/c17-16(18,19)8-7-11-3-1-6-14(9-11)21-15(22)12-4-2-5-13(20)10-12/h1,3,6,9,12-13H,2,4-5,7-8,10,20H2,(H,21,22). The van der Waals surface area contributed by atoms with E-state index < -0.39 is 12.6 Å². The number of nitrogens with two attached hydrogens (primary N) is 1. The number of alkyl halides is 3. The number of carbonyl (C=O) groups excluding carboxylic acids is 1. The molecule has 1 amide bonds. The average molecular weight is 314 g/mol. The molecular weight excluding hydrogens is 293 g/mol. The second-order valence-electron chi connectivity index (χ2n) is 5.93. The Bertz CT molecular complexity index is 516. The molecule has 3 nitrogen and oxygen atoms in total. The zero-order valence-corrected chi connectivity index (χ0v) is 12.3. The van der Waals surface area contributed by atoms with Crippen molar-refractivity contribution in [1.29, 1.82) is 0 Å². The van der Waals surface area contributed by atoms with Gasteiger partial charge in [0, 0.05) is 24.1 Å². The maximum atomic E-state index is 12.2. The van der Waals surface area contributed by atoms with Gasteiger partial charge in [0.1, 0.15) is 0 Å². The molecule has 122 valence electrons. The van der Waals surface area contributed by atoms with Crippen molar-refractivity contribution in [2.45, 2.75) is 50.7 Å². The lowest BCUT2D eigenvalue weighted by molar-refractivity contribution is -0.134. The van der Waals surface area contributed by atoms with Gasteiger partial charge in [-0.25, -0.2) is 0 Å². The smallest absolute Gasteiger partial charge is 0.328 e. The number of aryl methyl sites for hydroxylation is 1. The largest absolute Gasteiger partial charge is 0.389 e. The molecule has 1 aliphatic rings. The van der Waals surface area contributed by atoms with E-state index in [1.54, 1.807) is 24.3 Å². The van der Waals surface area contributed by atoms with Crippen LogP contribution in [-0.2, 0) is 11.2 Å². The van der Waals surface area contributed by atoms with Gasteiger partial charge < -0.3 is 11.1 Å². The predicted molar refractivity (Wildman–Crippen MR) is 79.4 cm³/mol. The van der Waals surface area contributed by atoms with Crippen LogP contribution in [0.2, 0.25) is 0 Å². The summed E-state index contributed by atoms with van der Waals surface area (Å²) in [6, 6.07) is 6.65. The summed E-state index contributed by atoms with van der Waals surface area (Å²) in [4.78, 5) is 12.2. The number of anilines is 1. The summed E-state index contributed by atoms with van der Waals surface area (Å²) in [5.74, 6) is -0.203. The van der Waals surface area contributed by atoms with Crippen molar-refractivity contribution in [3.63, 3.8) is 0 Å². The summed E-state index contributed by atoms with van der Waals surface area (Å²) >= 11 is 0. The maximum absolute atomic E-state index is 12.2. The lowest BCUT2D eigenvalue weighted by Crippen LogP contribution is -2.34.